The summed E-state index contributed by atoms with van der Waals surface area (Å²) in [5, 5.41) is 15.6. The van der Waals surface area contributed by atoms with Gasteiger partial charge in [0.1, 0.15) is 34.7 Å². The van der Waals surface area contributed by atoms with Crippen LogP contribution >= 0.6 is 0 Å². The van der Waals surface area contributed by atoms with Gasteiger partial charge in [0.05, 0.1) is 11.4 Å². The van der Waals surface area contributed by atoms with Gasteiger partial charge in [0.15, 0.2) is 0 Å². The predicted molar refractivity (Wildman–Crippen MR) is 309 cm³/mol. The number of hydrogen-bond donors (Lipinski definition) is 2. The highest BCUT2D eigenvalue weighted by Crippen LogP contribution is 2.34. The van der Waals surface area contributed by atoms with Crippen molar-refractivity contribution in [1.29, 1.82) is 0 Å². The number of carbonyl (C=O) groups is 2. The number of benzene rings is 2. The lowest BCUT2D eigenvalue weighted by Crippen LogP contribution is -2.47. The maximum Gasteiger partial charge on any atom is 0.433 e. The van der Waals surface area contributed by atoms with Crippen LogP contribution in [0.5, 0.6) is 0 Å². The largest absolute Gasteiger partial charge is 0.478 e. The molecule has 0 radical (unpaired) electrons. The molecule has 0 atom stereocenters. The van der Waals surface area contributed by atoms with Crippen LogP contribution in [0.4, 0.5) is 38.0 Å². The average Bonchev–Trinajstić information content (AvgIpc) is 2.21. The molecule has 4 aromatic heterocycles. The van der Waals surface area contributed by atoms with E-state index in [9.17, 15) is 45.5 Å². The molecule has 0 bridgehead atoms. The smallest absolute Gasteiger partial charge is 0.433 e. The first-order valence-electron chi connectivity index (χ1n) is 27.8. The van der Waals surface area contributed by atoms with Gasteiger partial charge in [-0.1, -0.05) is 90.1 Å². The highest BCUT2D eigenvalue weighted by Gasteiger charge is 2.37. The normalized spacial score (nSPS) is 14.6. The van der Waals surface area contributed by atoms with Crippen molar-refractivity contribution in [3.63, 3.8) is 0 Å². The fraction of sp³-hybridized carbons (Fsp3) is 0.467. The van der Waals surface area contributed by atoms with Gasteiger partial charge in [-0.2, -0.15) is 36.3 Å². The van der Waals surface area contributed by atoms with Crippen molar-refractivity contribution in [3.05, 3.63) is 152 Å². The van der Waals surface area contributed by atoms with Gasteiger partial charge < -0.3 is 20.0 Å². The van der Waals surface area contributed by atoms with Crippen LogP contribution in [0.1, 0.15) is 101 Å². The van der Waals surface area contributed by atoms with Gasteiger partial charge in [-0.25, -0.2) is 39.1 Å². The van der Waals surface area contributed by atoms with E-state index in [1.54, 1.807) is 21.5 Å². The number of aryl methyl sites for hydroxylation is 4. The van der Waals surface area contributed by atoms with Gasteiger partial charge in [-0.15, -0.1) is 0 Å². The zero-order chi connectivity index (χ0) is 61.6. The van der Waals surface area contributed by atoms with Crippen molar-refractivity contribution >= 4 is 23.6 Å². The van der Waals surface area contributed by atoms with Crippen molar-refractivity contribution in [2.75, 3.05) is 75.2 Å². The molecule has 0 unspecified atom stereocenters. The molecule has 2 aliphatic rings. The topological polar surface area (TPSA) is 209 Å². The highest BCUT2D eigenvalue weighted by atomic mass is 19.4. The van der Waals surface area contributed by atoms with Crippen molar-refractivity contribution in [2.45, 2.75) is 117 Å². The lowest BCUT2D eigenvalue weighted by atomic mass is 9.95. The quantitative estimate of drug-likeness (QED) is 0.0525. The van der Waals surface area contributed by atoms with Crippen LogP contribution in [0.2, 0.25) is 0 Å². The van der Waals surface area contributed by atoms with E-state index >= 15 is 0 Å². The predicted octanol–water partition coefficient (Wildman–Crippen LogP) is 9.57. The number of carboxylic acids is 2. The molecule has 6 aromatic rings. The number of hydrogen-bond acceptors (Lipinski definition) is 14. The second-order valence-electron chi connectivity index (χ2n) is 22.7. The summed E-state index contributed by atoms with van der Waals surface area (Å²) in [5.41, 5.74) is 1.97. The zero-order valence-corrected chi connectivity index (χ0v) is 48.7. The number of piperazine rings is 2. The Labute approximate surface area is 484 Å². The molecule has 2 aliphatic heterocycles. The maximum absolute atomic E-state index is 13.5. The third-order valence-corrected chi connectivity index (χ3v) is 13.9. The van der Waals surface area contributed by atoms with Gasteiger partial charge in [0, 0.05) is 124 Å². The molecule has 18 nitrogen and oxygen atoms in total. The van der Waals surface area contributed by atoms with Crippen molar-refractivity contribution < 1.29 is 46.1 Å². The number of aliphatic carboxylic acids is 2. The fourth-order valence-electron chi connectivity index (χ4n) is 9.15. The van der Waals surface area contributed by atoms with Crippen molar-refractivity contribution in [3.8, 4) is 22.5 Å². The second kappa shape index (κ2) is 28.6. The SMILES string of the molecule is Cc1ccccc1-c1ccn(CCCCN2CCN(c3cc(C(F)(F)F)nc(C(C)(C)C)n3)CC2)c(=O)n1.Cc1ccccc1-c1ccn(CCCCN2CCN(c3cc(C(F)(F)F)nc(C(C)(C)C)n3)CC2)c(=O)n1.O=C(O)C=CC(=O)O. The van der Waals surface area contributed by atoms with Crippen LogP contribution in [0.25, 0.3) is 22.5 Å². The zero-order valence-electron chi connectivity index (χ0n) is 48.7. The van der Waals surface area contributed by atoms with E-state index in [1.165, 1.54) is 0 Å². The minimum Gasteiger partial charge on any atom is -0.478 e. The first-order chi connectivity index (χ1) is 39.5. The molecule has 84 heavy (non-hydrogen) atoms. The molecule has 0 amide bonds. The molecule has 0 aliphatic carbocycles. The number of carboxylic acid groups (broad SMARTS) is 2. The Morgan fingerprint density at radius 2 is 0.821 bits per heavy atom. The minimum absolute atomic E-state index is 0.196. The Bertz CT molecular complexity index is 3050. The Balaban J connectivity index is 0.000000238. The Morgan fingerprint density at radius 1 is 0.488 bits per heavy atom. The lowest BCUT2D eigenvalue weighted by Gasteiger charge is -2.36. The number of unbranched alkanes of at least 4 members (excludes halogenated alkanes) is 2. The standard InChI is InChI=1S/2C28H35F3N6O.C4H4O4/c2*1-20-9-5-6-10-21(20)22-11-14-37(26(38)32-22)13-8-7-12-35-15-17-36(18-16-35)24-19-23(28(29,30)31)33-25(34-24)27(2,3)4;5-3(6)1-2-4(7)8/h2*5-6,9-11,14,19H,7-8,12-13,15-18H2,1-4H3;1-2H,(H,5,6)(H,7,8). The van der Waals surface area contributed by atoms with Crippen LogP contribution in [0, 0.1) is 13.8 Å². The van der Waals surface area contributed by atoms with Crippen molar-refractivity contribution in [1.82, 2.24) is 48.8 Å². The molecule has 2 saturated heterocycles. The van der Waals surface area contributed by atoms with Gasteiger partial charge in [0.25, 0.3) is 0 Å². The van der Waals surface area contributed by atoms with E-state index in [0.29, 0.717) is 74.4 Å². The second-order valence-corrected chi connectivity index (χ2v) is 22.7. The van der Waals surface area contributed by atoms with Gasteiger partial charge in [0.2, 0.25) is 0 Å². The van der Waals surface area contributed by atoms with Gasteiger partial charge in [-0.05, 0) is 75.9 Å². The molecule has 2 aromatic carbocycles. The van der Waals surface area contributed by atoms with Crippen LogP contribution in [-0.2, 0) is 45.9 Å². The Hall–Kier alpha value is -7.86. The summed E-state index contributed by atoms with van der Waals surface area (Å²) in [6, 6.07) is 21.6. The number of alkyl halides is 6. The van der Waals surface area contributed by atoms with E-state index in [2.05, 4.69) is 39.7 Å². The molecule has 2 N–H and O–H groups in total. The van der Waals surface area contributed by atoms with Crippen LogP contribution in [0.15, 0.2) is 107 Å². The van der Waals surface area contributed by atoms with Gasteiger partial charge in [-0.3, -0.25) is 18.9 Å². The number of nitrogens with zero attached hydrogens (tertiary/aromatic N) is 12. The highest BCUT2D eigenvalue weighted by molar-refractivity contribution is 5.89. The number of halogens is 6. The number of anilines is 2. The molecule has 8 rings (SSSR count). The summed E-state index contributed by atoms with van der Waals surface area (Å²) in [6.45, 7) is 23.1. The molecular weight excluding hydrogens is 1100 g/mol. The van der Waals surface area contributed by atoms with Crippen LogP contribution in [-0.4, -0.2) is 136 Å². The Morgan fingerprint density at radius 3 is 1.12 bits per heavy atom. The molecule has 2 fully saturated rings. The van der Waals surface area contributed by atoms with Crippen LogP contribution < -0.4 is 21.2 Å². The number of aromatic nitrogens is 8. The summed E-state index contributed by atoms with van der Waals surface area (Å²) < 4.78 is 84.0. The maximum atomic E-state index is 13.5. The summed E-state index contributed by atoms with van der Waals surface area (Å²) in [4.78, 5) is 77.6. The molecule has 24 heteroatoms. The van der Waals surface area contributed by atoms with Gasteiger partial charge >= 0.3 is 35.7 Å². The Kier molecular flexibility index (Phi) is 22.2. The molecular formula is C60H74F6N12O6. The number of rotatable bonds is 16. The van der Waals surface area contributed by atoms with E-state index in [0.717, 1.165) is 99.3 Å². The average molecular weight is 1170 g/mol. The summed E-state index contributed by atoms with van der Waals surface area (Å²) in [5.74, 6) is -1.46. The molecule has 452 valence electrons. The van der Waals surface area contributed by atoms with E-state index < -0.39 is 46.5 Å². The summed E-state index contributed by atoms with van der Waals surface area (Å²) in [7, 11) is 0. The van der Waals surface area contributed by atoms with E-state index in [1.807, 2.05) is 126 Å². The minimum atomic E-state index is -4.52. The molecule has 0 saturated carbocycles. The van der Waals surface area contributed by atoms with Crippen molar-refractivity contribution in [2.24, 2.45) is 0 Å². The molecule has 6 heterocycles. The summed E-state index contributed by atoms with van der Waals surface area (Å²) in [6.07, 6.45) is -0.821. The first-order valence-corrected chi connectivity index (χ1v) is 27.8. The van der Waals surface area contributed by atoms with E-state index in [-0.39, 0.29) is 23.0 Å². The summed E-state index contributed by atoms with van der Waals surface area (Å²) >= 11 is 0. The fourth-order valence-corrected chi connectivity index (χ4v) is 9.15. The molecule has 0 spiro atoms. The third kappa shape index (κ3) is 19.4. The monoisotopic (exact) mass is 1170 g/mol. The van der Waals surface area contributed by atoms with E-state index in [4.69, 9.17) is 10.2 Å². The lowest BCUT2D eigenvalue weighted by molar-refractivity contribution is -0.142. The third-order valence-electron chi connectivity index (χ3n) is 13.9. The first kappa shape index (κ1) is 65.3. The van der Waals surface area contributed by atoms with Crippen LogP contribution in [0.3, 0.4) is 0 Å².